The molecular weight excluding hydrogens is 344 g/mol. The molecule has 0 bridgehead atoms. The van der Waals surface area contributed by atoms with E-state index in [1.807, 2.05) is 68.4 Å². The molecule has 1 amide bonds. The standard InChI is InChI=1S/C21H18N2O2S/c1-14-9-10-15(2)17(12-14)20(24)23(13-16-6-5-11-25-16)21-22-18-7-3-4-8-19(18)26-21/h3-12H,13H2,1-2H3. The summed E-state index contributed by atoms with van der Waals surface area (Å²) in [5.74, 6) is 0.657. The van der Waals surface area contributed by atoms with Gasteiger partial charge in [0, 0.05) is 5.56 Å². The molecular formula is C21H18N2O2S. The number of amides is 1. The lowest BCUT2D eigenvalue weighted by Gasteiger charge is -2.20. The van der Waals surface area contributed by atoms with Crippen LogP contribution in [0.15, 0.2) is 65.3 Å². The maximum atomic E-state index is 13.4. The Bertz CT molecular complexity index is 1030. The lowest BCUT2D eigenvalue weighted by atomic mass is 10.0. The minimum Gasteiger partial charge on any atom is -0.467 e. The van der Waals surface area contributed by atoms with Gasteiger partial charge in [-0.1, -0.05) is 41.2 Å². The molecule has 0 radical (unpaired) electrons. The number of hydrogen-bond donors (Lipinski definition) is 0. The Morgan fingerprint density at radius 3 is 2.73 bits per heavy atom. The molecule has 2 aromatic heterocycles. The predicted octanol–water partition coefficient (Wildman–Crippen LogP) is 5.35. The van der Waals surface area contributed by atoms with Gasteiger partial charge in [0.25, 0.3) is 5.91 Å². The van der Waals surface area contributed by atoms with Crippen molar-refractivity contribution in [1.29, 1.82) is 0 Å². The second kappa shape index (κ2) is 6.77. The van der Waals surface area contributed by atoms with E-state index in [1.165, 1.54) is 11.3 Å². The SMILES string of the molecule is Cc1ccc(C)c(C(=O)N(Cc2ccco2)c2nc3ccccc3s2)c1. The van der Waals surface area contributed by atoms with E-state index < -0.39 is 0 Å². The van der Waals surface area contributed by atoms with E-state index in [1.54, 1.807) is 11.2 Å². The number of hydrogen-bond acceptors (Lipinski definition) is 4. The van der Waals surface area contributed by atoms with Gasteiger partial charge in [-0.3, -0.25) is 9.69 Å². The fourth-order valence-electron chi connectivity index (χ4n) is 2.87. The lowest BCUT2D eigenvalue weighted by Crippen LogP contribution is -2.30. The molecule has 5 heteroatoms. The minimum atomic E-state index is -0.0679. The summed E-state index contributed by atoms with van der Waals surface area (Å²) in [6, 6.07) is 17.5. The van der Waals surface area contributed by atoms with Crippen molar-refractivity contribution in [3.05, 3.63) is 83.3 Å². The maximum absolute atomic E-state index is 13.4. The van der Waals surface area contributed by atoms with Crippen LogP contribution in [-0.4, -0.2) is 10.9 Å². The summed E-state index contributed by atoms with van der Waals surface area (Å²) in [6.45, 7) is 4.29. The van der Waals surface area contributed by atoms with Crippen molar-refractivity contribution < 1.29 is 9.21 Å². The summed E-state index contributed by atoms with van der Waals surface area (Å²) in [7, 11) is 0. The first-order valence-electron chi connectivity index (χ1n) is 8.39. The zero-order valence-electron chi connectivity index (χ0n) is 14.6. The van der Waals surface area contributed by atoms with Gasteiger partial charge in [0.05, 0.1) is 23.0 Å². The zero-order valence-corrected chi connectivity index (χ0v) is 15.4. The average Bonchev–Trinajstić information content (AvgIpc) is 3.30. The first-order chi connectivity index (χ1) is 12.6. The highest BCUT2D eigenvalue weighted by molar-refractivity contribution is 7.22. The molecule has 0 fully saturated rings. The molecule has 26 heavy (non-hydrogen) atoms. The zero-order chi connectivity index (χ0) is 18.1. The third-order valence-corrected chi connectivity index (χ3v) is 5.34. The smallest absolute Gasteiger partial charge is 0.260 e. The average molecular weight is 362 g/mol. The van der Waals surface area contributed by atoms with E-state index in [9.17, 15) is 4.79 Å². The molecule has 0 spiro atoms. The van der Waals surface area contributed by atoms with Crippen molar-refractivity contribution in [2.24, 2.45) is 0 Å². The first-order valence-corrected chi connectivity index (χ1v) is 9.20. The van der Waals surface area contributed by atoms with E-state index >= 15 is 0 Å². The lowest BCUT2D eigenvalue weighted by molar-refractivity contribution is 0.0982. The van der Waals surface area contributed by atoms with Gasteiger partial charge in [-0.2, -0.15) is 0 Å². The number of benzene rings is 2. The fraction of sp³-hybridized carbons (Fsp3) is 0.143. The molecule has 0 saturated carbocycles. The number of aromatic nitrogens is 1. The van der Waals surface area contributed by atoms with Crippen LogP contribution in [-0.2, 0) is 6.54 Å². The number of carbonyl (C=O) groups excluding carboxylic acids is 1. The highest BCUT2D eigenvalue weighted by atomic mass is 32.1. The normalized spacial score (nSPS) is 11.0. The molecule has 2 aromatic carbocycles. The van der Waals surface area contributed by atoms with Crippen LogP contribution in [0.1, 0.15) is 27.2 Å². The number of thiazole rings is 1. The molecule has 0 aliphatic heterocycles. The summed E-state index contributed by atoms with van der Waals surface area (Å²) < 4.78 is 6.54. The molecule has 0 saturated heterocycles. The van der Waals surface area contributed by atoms with Gasteiger partial charge in [-0.05, 0) is 49.7 Å². The van der Waals surface area contributed by atoms with Gasteiger partial charge < -0.3 is 4.42 Å². The highest BCUT2D eigenvalue weighted by Gasteiger charge is 2.24. The maximum Gasteiger partial charge on any atom is 0.260 e. The van der Waals surface area contributed by atoms with E-state index in [-0.39, 0.29) is 5.91 Å². The summed E-state index contributed by atoms with van der Waals surface area (Å²) in [4.78, 5) is 19.7. The first kappa shape index (κ1) is 16.5. The van der Waals surface area contributed by atoms with Crippen LogP contribution >= 0.6 is 11.3 Å². The third-order valence-electron chi connectivity index (χ3n) is 4.28. The number of nitrogens with zero attached hydrogens (tertiary/aromatic N) is 2. The monoisotopic (exact) mass is 362 g/mol. The van der Waals surface area contributed by atoms with E-state index in [0.717, 1.165) is 27.1 Å². The van der Waals surface area contributed by atoms with Crippen molar-refractivity contribution in [1.82, 2.24) is 4.98 Å². The van der Waals surface area contributed by atoms with Gasteiger partial charge in [0.1, 0.15) is 5.76 Å². The van der Waals surface area contributed by atoms with Crippen LogP contribution in [0, 0.1) is 13.8 Å². The van der Waals surface area contributed by atoms with Crippen LogP contribution in [0.4, 0.5) is 5.13 Å². The summed E-state index contributed by atoms with van der Waals surface area (Å²) in [5, 5.41) is 0.675. The third kappa shape index (κ3) is 3.13. The highest BCUT2D eigenvalue weighted by Crippen LogP contribution is 2.31. The molecule has 4 rings (SSSR count). The van der Waals surface area contributed by atoms with Gasteiger partial charge in [0.15, 0.2) is 5.13 Å². The Labute approximate surface area is 155 Å². The molecule has 4 aromatic rings. The van der Waals surface area contributed by atoms with Gasteiger partial charge in [-0.25, -0.2) is 4.98 Å². The van der Waals surface area contributed by atoms with Crippen molar-refractivity contribution in [2.75, 3.05) is 4.90 Å². The van der Waals surface area contributed by atoms with Crippen LogP contribution in [0.5, 0.6) is 0 Å². The van der Waals surface area contributed by atoms with E-state index in [0.29, 0.717) is 17.2 Å². The van der Waals surface area contributed by atoms with Gasteiger partial charge in [-0.15, -0.1) is 0 Å². The minimum absolute atomic E-state index is 0.0679. The van der Waals surface area contributed by atoms with E-state index in [4.69, 9.17) is 4.42 Å². The number of carbonyl (C=O) groups is 1. The Kier molecular flexibility index (Phi) is 4.31. The van der Waals surface area contributed by atoms with Crippen LogP contribution in [0.2, 0.25) is 0 Å². The van der Waals surface area contributed by atoms with Crippen molar-refractivity contribution in [3.63, 3.8) is 0 Å². The quantitative estimate of drug-likeness (QED) is 0.491. The molecule has 0 unspecified atom stereocenters. The van der Waals surface area contributed by atoms with Crippen molar-refractivity contribution in [2.45, 2.75) is 20.4 Å². The number of anilines is 1. The molecule has 0 atom stereocenters. The summed E-state index contributed by atoms with van der Waals surface area (Å²) in [5.41, 5.74) is 3.59. The summed E-state index contributed by atoms with van der Waals surface area (Å²) >= 11 is 1.51. The fourth-order valence-corrected chi connectivity index (χ4v) is 3.84. The molecule has 0 N–H and O–H groups in total. The van der Waals surface area contributed by atoms with Crippen LogP contribution in [0.25, 0.3) is 10.2 Å². The second-order valence-corrected chi connectivity index (χ2v) is 7.26. The topological polar surface area (TPSA) is 46.3 Å². The van der Waals surface area contributed by atoms with Crippen molar-refractivity contribution >= 4 is 32.6 Å². The van der Waals surface area contributed by atoms with Crippen LogP contribution < -0.4 is 4.90 Å². The summed E-state index contributed by atoms with van der Waals surface area (Å²) in [6.07, 6.45) is 1.62. The molecule has 0 aliphatic rings. The predicted molar refractivity (Wildman–Crippen MR) is 105 cm³/mol. The Morgan fingerprint density at radius 2 is 1.96 bits per heavy atom. The van der Waals surface area contributed by atoms with Crippen molar-refractivity contribution in [3.8, 4) is 0 Å². The Morgan fingerprint density at radius 1 is 1.12 bits per heavy atom. The second-order valence-electron chi connectivity index (χ2n) is 6.25. The number of fused-ring (bicyclic) bond motifs is 1. The van der Waals surface area contributed by atoms with Gasteiger partial charge in [0.2, 0.25) is 0 Å². The number of para-hydroxylation sites is 1. The number of furan rings is 1. The Hall–Kier alpha value is -2.92. The van der Waals surface area contributed by atoms with Gasteiger partial charge >= 0.3 is 0 Å². The molecule has 4 nitrogen and oxygen atoms in total. The van der Waals surface area contributed by atoms with Crippen LogP contribution in [0.3, 0.4) is 0 Å². The number of aryl methyl sites for hydroxylation is 2. The van der Waals surface area contributed by atoms with E-state index in [2.05, 4.69) is 4.98 Å². The molecule has 0 aliphatic carbocycles. The number of rotatable bonds is 4. The molecule has 2 heterocycles. The molecule has 130 valence electrons. The Balaban J connectivity index is 1.79. The largest absolute Gasteiger partial charge is 0.467 e.